The first-order valence-electron chi connectivity index (χ1n) is 10.7. The molecule has 0 bridgehead atoms. The number of hydrogen-bond acceptors (Lipinski definition) is 5. The number of ketones is 2. The monoisotopic (exact) mass is 440 g/mol. The van der Waals surface area contributed by atoms with Gasteiger partial charge in [0.2, 0.25) is 5.91 Å². The second kappa shape index (κ2) is 11.0. The van der Waals surface area contributed by atoms with Crippen molar-refractivity contribution in [3.05, 3.63) is 57.8 Å². The highest BCUT2D eigenvalue weighted by Gasteiger charge is 2.24. The third kappa shape index (κ3) is 6.85. The number of amides is 2. The number of likely N-dealkylation sites (tertiary alicyclic amines) is 1. The molecule has 1 N–H and O–H groups in total. The van der Waals surface area contributed by atoms with Crippen LogP contribution in [0.5, 0.6) is 0 Å². The highest BCUT2D eigenvalue weighted by atomic mass is 32.1. The van der Waals surface area contributed by atoms with Gasteiger partial charge in [0.1, 0.15) is 5.78 Å². The van der Waals surface area contributed by atoms with Gasteiger partial charge in [-0.2, -0.15) is 0 Å². The van der Waals surface area contributed by atoms with Crippen molar-refractivity contribution in [3.8, 4) is 0 Å². The normalized spacial score (nSPS) is 14.3. The largest absolute Gasteiger partial charge is 0.353 e. The third-order valence-corrected chi connectivity index (χ3v) is 6.41. The van der Waals surface area contributed by atoms with Crippen molar-refractivity contribution in [2.24, 2.45) is 0 Å². The van der Waals surface area contributed by atoms with E-state index in [-0.39, 0.29) is 55.1 Å². The maximum Gasteiger partial charge on any atom is 0.253 e. The van der Waals surface area contributed by atoms with Gasteiger partial charge in [0.05, 0.1) is 4.88 Å². The van der Waals surface area contributed by atoms with Crippen molar-refractivity contribution in [3.63, 3.8) is 0 Å². The van der Waals surface area contributed by atoms with E-state index in [9.17, 15) is 19.2 Å². The molecule has 2 amide bonds. The Kier molecular flexibility index (Phi) is 8.12. The molecule has 0 atom stereocenters. The van der Waals surface area contributed by atoms with Crippen molar-refractivity contribution in [1.82, 2.24) is 10.2 Å². The second-order valence-corrected chi connectivity index (χ2v) is 8.89. The van der Waals surface area contributed by atoms with Crippen molar-refractivity contribution >= 4 is 34.7 Å². The predicted octanol–water partition coefficient (Wildman–Crippen LogP) is 3.79. The molecule has 7 heteroatoms. The molecule has 1 aromatic heterocycles. The number of nitrogens with zero attached hydrogens (tertiary/aromatic N) is 1. The molecule has 1 aliphatic rings. The zero-order valence-electron chi connectivity index (χ0n) is 17.8. The number of rotatable bonds is 9. The zero-order chi connectivity index (χ0) is 22.2. The second-order valence-electron chi connectivity index (χ2n) is 7.94. The fourth-order valence-electron chi connectivity index (χ4n) is 3.60. The minimum atomic E-state index is -0.152. The number of carbonyl (C=O) groups excluding carboxylic acids is 4. The summed E-state index contributed by atoms with van der Waals surface area (Å²) in [5.74, 6) is -0.230. The number of piperidine rings is 1. The summed E-state index contributed by atoms with van der Waals surface area (Å²) in [6.45, 7) is 3.18. The summed E-state index contributed by atoms with van der Waals surface area (Å²) >= 11 is 1.37. The Labute approximate surface area is 186 Å². The van der Waals surface area contributed by atoms with Crippen molar-refractivity contribution in [2.75, 3.05) is 13.1 Å². The Morgan fingerprint density at radius 1 is 0.968 bits per heavy atom. The molecule has 164 valence electrons. The van der Waals surface area contributed by atoms with Crippen molar-refractivity contribution in [2.45, 2.75) is 51.5 Å². The Balaban J connectivity index is 1.33. The standard InChI is InChI=1S/C24H28N2O4S/c1-17-4-6-18(7-5-17)24(30)26-14-12-19(13-15-26)25-23(29)11-9-20(27)8-10-21(28)22-3-2-16-31-22/h2-7,16,19H,8-15H2,1H3,(H,25,29). The highest BCUT2D eigenvalue weighted by molar-refractivity contribution is 7.12. The van der Waals surface area contributed by atoms with Gasteiger partial charge in [-0.15, -0.1) is 11.3 Å². The molecule has 0 saturated carbocycles. The van der Waals surface area contributed by atoms with Crippen LogP contribution < -0.4 is 5.32 Å². The number of thiophene rings is 1. The summed E-state index contributed by atoms with van der Waals surface area (Å²) < 4.78 is 0. The Bertz CT molecular complexity index is 914. The fraction of sp³-hybridized carbons (Fsp3) is 0.417. The molecule has 1 aromatic carbocycles. The molecule has 0 radical (unpaired) electrons. The van der Waals surface area contributed by atoms with Gasteiger partial charge in [0, 0.05) is 50.4 Å². The van der Waals surface area contributed by atoms with Crippen LogP contribution in [0.25, 0.3) is 0 Å². The molecule has 3 rings (SSSR count). The summed E-state index contributed by atoms with van der Waals surface area (Å²) in [7, 11) is 0. The third-order valence-electron chi connectivity index (χ3n) is 5.50. The summed E-state index contributed by atoms with van der Waals surface area (Å²) in [4.78, 5) is 51.2. The van der Waals surface area contributed by atoms with E-state index in [1.54, 1.807) is 6.07 Å². The van der Waals surface area contributed by atoms with E-state index in [1.165, 1.54) is 11.3 Å². The average molecular weight is 441 g/mol. The van der Waals surface area contributed by atoms with Gasteiger partial charge < -0.3 is 10.2 Å². The van der Waals surface area contributed by atoms with E-state index in [2.05, 4.69) is 5.32 Å². The molecular formula is C24H28N2O4S. The van der Waals surface area contributed by atoms with E-state index >= 15 is 0 Å². The van der Waals surface area contributed by atoms with E-state index in [1.807, 2.05) is 47.5 Å². The van der Waals surface area contributed by atoms with E-state index in [4.69, 9.17) is 0 Å². The number of Topliss-reactive ketones (excluding diaryl/α,β-unsaturated/α-hetero) is 2. The van der Waals surface area contributed by atoms with Crippen LogP contribution in [0.1, 0.15) is 64.1 Å². The van der Waals surface area contributed by atoms with Crippen molar-refractivity contribution < 1.29 is 19.2 Å². The summed E-state index contributed by atoms with van der Waals surface area (Å²) in [6, 6.07) is 11.1. The molecule has 0 unspecified atom stereocenters. The van der Waals surface area contributed by atoms with Gasteiger partial charge in [-0.3, -0.25) is 19.2 Å². The fourth-order valence-corrected chi connectivity index (χ4v) is 4.29. The smallest absolute Gasteiger partial charge is 0.253 e. The Morgan fingerprint density at radius 2 is 1.65 bits per heavy atom. The van der Waals surface area contributed by atoms with Gasteiger partial charge in [-0.05, 0) is 43.3 Å². The lowest BCUT2D eigenvalue weighted by Gasteiger charge is -2.32. The minimum Gasteiger partial charge on any atom is -0.353 e. The van der Waals surface area contributed by atoms with Crippen LogP contribution in [0.4, 0.5) is 0 Å². The zero-order valence-corrected chi connectivity index (χ0v) is 18.6. The lowest BCUT2D eigenvalue weighted by molar-refractivity contribution is -0.126. The molecular weight excluding hydrogens is 412 g/mol. The number of aryl methyl sites for hydroxylation is 1. The van der Waals surface area contributed by atoms with Crippen LogP contribution in [0.3, 0.4) is 0 Å². The first kappa shape index (κ1) is 22.9. The number of nitrogens with one attached hydrogen (secondary N) is 1. The molecule has 2 aromatic rings. The minimum absolute atomic E-state index is 0.0186. The molecule has 0 spiro atoms. The van der Waals surface area contributed by atoms with Gasteiger partial charge in [0.15, 0.2) is 5.78 Å². The van der Waals surface area contributed by atoms with Crippen LogP contribution >= 0.6 is 11.3 Å². The van der Waals surface area contributed by atoms with Crippen LogP contribution in [0.15, 0.2) is 41.8 Å². The molecule has 1 saturated heterocycles. The van der Waals surface area contributed by atoms with Crippen LogP contribution in [0, 0.1) is 6.92 Å². The van der Waals surface area contributed by atoms with Gasteiger partial charge in [-0.25, -0.2) is 0 Å². The topological polar surface area (TPSA) is 83.6 Å². The number of benzene rings is 1. The quantitative estimate of drug-likeness (QED) is 0.602. The maximum atomic E-state index is 12.6. The highest BCUT2D eigenvalue weighted by Crippen LogP contribution is 2.16. The van der Waals surface area contributed by atoms with Crippen molar-refractivity contribution in [1.29, 1.82) is 0 Å². The summed E-state index contributed by atoms with van der Waals surface area (Å²) in [6.07, 6.45) is 2.04. The molecule has 6 nitrogen and oxygen atoms in total. The summed E-state index contributed by atoms with van der Waals surface area (Å²) in [5.41, 5.74) is 1.80. The molecule has 0 aliphatic carbocycles. The van der Waals surface area contributed by atoms with Gasteiger partial charge in [-0.1, -0.05) is 23.8 Å². The van der Waals surface area contributed by atoms with E-state index in [0.29, 0.717) is 36.4 Å². The number of carbonyl (C=O) groups is 4. The first-order chi connectivity index (χ1) is 14.9. The Morgan fingerprint density at radius 3 is 2.29 bits per heavy atom. The SMILES string of the molecule is Cc1ccc(C(=O)N2CCC(NC(=O)CCC(=O)CCC(=O)c3cccs3)CC2)cc1. The lowest BCUT2D eigenvalue weighted by Crippen LogP contribution is -2.46. The maximum absolute atomic E-state index is 12.6. The number of hydrogen-bond donors (Lipinski definition) is 1. The summed E-state index contributed by atoms with van der Waals surface area (Å²) in [5, 5.41) is 4.81. The molecule has 1 aliphatic heterocycles. The molecule has 31 heavy (non-hydrogen) atoms. The van der Waals surface area contributed by atoms with Gasteiger partial charge >= 0.3 is 0 Å². The Hall–Kier alpha value is -2.80. The van der Waals surface area contributed by atoms with Crippen LogP contribution in [-0.4, -0.2) is 47.4 Å². The average Bonchev–Trinajstić information content (AvgIpc) is 3.32. The molecule has 1 fully saturated rings. The first-order valence-corrected chi connectivity index (χ1v) is 11.5. The van der Waals surface area contributed by atoms with Crippen LogP contribution in [-0.2, 0) is 9.59 Å². The van der Waals surface area contributed by atoms with Crippen LogP contribution in [0.2, 0.25) is 0 Å². The van der Waals surface area contributed by atoms with E-state index < -0.39 is 0 Å². The predicted molar refractivity (Wildman–Crippen MR) is 120 cm³/mol. The van der Waals surface area contributed by atoms with E-state index in [0.717, 1.165) is 5.56 Å². The molecule has 2 heterocycles. The van der Waals surface area contributed by atoms with Gasteiger partial charge in [0.25, 0.3) is 5.91 Å². The lowest BCUT2D eigenvalue weighted by atomic mass is 10.0.